The molecule has 16 heavy (non-hydrogen) atoms. The third-order valence-corrected chi connectivity index (χ3v) is 2.38. The van der Waals surface area contributed by atoms with Crippen molar-refractivity contribution in [2.45, 2.75) is 13.3 Å². The fourth-order valence-corrected chi connectivity index (χ4v) is 1.70. The number of fused-ring (bicyclic) bond motifs is 1. The normalized spacial score (nSPS) is 10.6. The van der Waals surface area contributed by atoms with E-state index in [0.717, 1.165) is 5.56 Å². The molecule has 1 aromatic carbocycles. The van der Waals surface area contributed by atoms with Crippen molar-refractivity contribution in [2.75, 3.05) is 0 Å². The number of aryl methyl sites for hydroxylation is 1. The van der Waals surface area contributed by atoms with Crippen LogP contribution in [0.5, 0.6) is 0 Å². The van der Waals surface area contributed by atoms with Crippen molar-refractivity contribution in [2.24, 2.45) is 0 Å². The largest absolute Gasteiger partial charge is 0.481 e. The van der Waals surface area contributed by atoms with Gasteiger partial charge in [-0.2, -0.15) is 0 Å². The first-order valence-electron chi connectivity index (χ1n) is 4.84. The molecular formula is C12H10FNO2. The summed E-state index contributed by atoms with van der Waals surface area (Å²) in [6.45, 7) is 1.81. The van der Waals surface area contributed by atoms with E-state index in [2.05, 4.69) is 4.98 Å². The minimum absolute atomic E-state index is 0.189. The number of carboxylic acid groups (broad SMARTS) is 1. The van der Waals surface area contributed by atoms with E-state index in [9.17, 15) is 9.18 Å². The Bertz CT molecular complexity index is 566. The second-order valence-electron chi connectivity index (χ2n) is 3.64. The maximum absolute atomic E-state index is 13.5. The van der Waals surface area contributed by atoms with Crippen LogP contribution in [0.15, 0.2) is 24.3 Å². The SMILES string of the molecule is Cc1cc(CC(=O)O)nc2c(F)cccc12. The van der Waals surface area contributed by atoms with Crippen LogP contribution >= 0.6 is 0 Å². The van der Waals surface area contributed by atoms with Gasteiger partial charge in [0, 0.05) is 5.39 Å². The lowest BCUT2D eigenvalue weighted by atomic mass is 10.1. The number of halogens is 1. The Balaban J connectivity index is 2.65. The first kappa shape index (κ1) is 10.5. The Labute approximate surface area is 91.5 Å². The number of para-hydroxylation sites is 1. The van der Waals surface area contributed by atoms with Crippen LogP contribution in [-0.2, 0) is 11.2 Å². The van der Waals surface area contributed by atoms with Crippen LogP contribution in [0, 0.1) is 12.7 Å². The fourth-order valence-electron chi connectivity index (χ4n) is 1.70. The molecule has 1 heterocycles. The summed E-state index contributed by atoms with van der Waals surface area (Å²) < 4.78 is 13.5. The number of hydrogen-bond donors (Lipinski definition) is 1. The Morgan fingerprint density at radius 2 is 2.25 bits per heavy atom. The highest BCUT2D eigenvalue weighted by Crippen LogP contribution is 2.20. The first-order chi connectivity index (χ1) is 7.58. The monoisotopic (exact) mass is 219 g/mol. The maximum Gasteiger partial charge on any atom is 0.309 e. The Hall–Kier alpha value is -1.97. The van der Waals surface area contributed by atoms with Gasteiger partial charge < -0.3 is 5.11 Å². The molecule has 0 saturated heterocycles. The predicted octanol–water partition coefficient (Wildman–Crippen LogP) is 2.31. The zero-order chi connectivity index (χ0) is 11.7. The molecule has 0 aliphatic rings. The van der Waals surface area contributed by atoms with Gasteiger partial charge in [0.15, 0.2) is 0 Å². The number of aliphatic carboxylic acids is 1. The molecule has 82 valence electrons. The van der Waals surface area contributed by atoms with Gasteiger partial charge in [0.25, 0.3) is 0 Å². The van der Waals surface area contributed by atoms with E-state index >= 15 is 0 Å². The average Bonchev–Trinajstić information content (AvgIpc) is 2.19. The summed E-state index contributed by atoms with van der Waals surface area (Å²) in [4.78, 5) is 14.6. The molecule has 0 amide bonds. The van der Waals surface area contributed by atoms with Crippen molar-refractivity contribution >= 4 is 16.9 Å². The van der Waals surface area contributed by atoms with Gasteiger partial charge in [0.1, 0.15) is 11.3 Å². The molecule has 0 aliphatic carbocycles. The second kappa shape index (κ2) is 3.89. The number of aromatic nitrogens is 1. The number of rotatable bonds is 2. The fraction of sp³-hybridized carbons (Fsp3) is 0.167. The second-order valence-corrected chi connectivity index (χ2v) is 3.64. The van der Waals surface area contributed by atoms with Crippen molar-refractivity contribution in [3.8, 4) is 0 Å². The summed E-state index contributed by atoms with van der Waals surface area (Å²) >= 11 is 0. The zero-order valence-corrected chi connectivity index (χ0v) is 8.70. The van der Waals surface area contributed by atoms with E-state index in [1.54, 1.807) is 18.2 Å². The number of nitrogens with zero attached hydrogens (tertiary/aromatic N) is 1. The Morgan fingerprint density at radius 1 is 1.50 bits per heavy atom. The minimum Gasteiger partial charge on any atom is -0.481 e. The molecule has 1 aromatic heterocycles. The van der Waals surface area contributed by atoms with Gasteiger partial charge in [-0.25, -0.2) is 9.37 Å². The van der Waals surface area contributed by atoms with E-state index in [1.807, 2.05) is 6.92 Å². The van der Waals surface area contributed by atoms with Crippen LogP contribution in [0.25, 0.3) is 10.9 Å². The van der Waals surface area contributed by atoms with Crippen molar-refractivity contribution < 1.29 is 14.3 Å². The lowest BCUT2D eigenvalue weighted by Crippen LogP contribution is -2.03. The van der Waals surface area contributed by atoms with E-state index in [-0.39, 0.29) is 11.9 Å². The van der Waals surface area contributed by atoms with E-state index in [4.69, 9.17) is 5.11 Å². The van der Waals surface area contributed by atoms with Gasteiger partial charge in [0.05, 0.1) is 12.1 Å². The molecule has 0 unspecified atom stereocenters. The van der Waals surface area contributed by atoms with Gasteiger partial charge in [-0.15, -0.1) is 0 Å². The Kier molecular flexibility index (Phi) is 2.56. The molecule has 2 rings (SSSR count). The first-order valence-corrected chi connectivity index (χ1v) is 4.84. The highest BCUT2D eigenvalue weighted by molar-refractivity contribution is 5.83. The van der Waals surface area contributed by atoms with Gasteiger partial charge in [-0.3, -0.25) is 4.79 Å². The van der Waals surface area contributed by atoms with Crippen LogP contribution in [-0.4, -0.2) is 16.1 Å². The molecule has 0 fully saturated rings. The summed E-state index contributed by atoms with van der Waals surface area (Å²) in [5, 5.41) is 9.38. The minimum atomic E-state index is -0.970. The van der Waals surface area contributed by atoms with Gasteiger partial charge >= 0.3 is 5.97 Å². The van der Waals surface area contributed by atoms with Crippen LogP contribution < -0.4 is 0 Å². The average molecular weight is 219 g/mol. The predicted molar refractivity (Wildman–Crippen MR) is 57.8 cm³/mol. The van der Waals surface area contributed by atoms with E-state index < -0.39 is 11.8 Å². The molecule has 0 atom stereocenters. The van der Waals surface area contributed by atoms with E-state index in [1.165, 1.54) is 6.07 Å². The van der Waals surface area contributed by atoms with E-state index in [0.29, 0.717) is 11.1 Å². The zero-order valence-electron chi connectivity index (χ0n) is 8.70. The third kappa shape index (κ3) is 1.86. The molecule has 1 N–H and O–H groups in total. The molecule has 4 heteroatoms. The molecule has 0 saturated carbocycles. The highest BCUT2D eigenvalue weighted by atomic mass is 19.1. The molecule has 0 spiro atoms. The highest BCUT2D eigenvalue weighted by Gasteiger charge is 2.08. The van der Waals surface area contributed by atoms with Crippen molar-refractivity contribution in [3.05, 3.63) is 41.3 Å². The van der Waals surface area contributed by atoms with Crippen LogP contribution in [0.2, 0.25) is 0 Å². The van der Waals surface area contributed by atoms with Crippen LogP contribution in [0.4, 0.5) is 4.39 Å². The van der Waals surface area contributed by atoms with Crippen molar-refractivity contribution in [3.63, 3.8) is 0 Å². The quantitative estimate of drug-likeness (QED) is 0.843. The number of benzene rings is 1. The lowest BCUT2D eigenvalue weighted by Gasteiger charge is -2.05. The third-order valence-electron chi connectivity index (χ3n) is 2.38. The molecule has 0 bridgehead atoms. The number of carbonyl (C=O) groups is 1. The topological polar surface area (TPSA) is 50.2 Å². The number of carboxylic acids is 1. The molecule has 0 radical (unpaired) electrons. The summed E-state index contributed by atoms with van der Waals surface area (Å²) in [5.41, 5.74) is 1.45. The van der Waals surface area contributed by atoms with Gasteiger partial charge in [0.2, 0.25) is 0 Å². The molecule has 2 aromatic rings. The lowest BCUT2D eigenvalue weighted by molar-refractivity contribution is -0.136. The van der Waals surface area contributed by atoms with Crippen molar-refractivity contribution in [1.82, 2.24) is 4.98 Å². The van der Waals surface area contributed by atoms with Gasteiger partial charge in [-0.1, -0.05) is 12.1 Å². The summed E-state index contributed by atoms with van der Waals surface area (Å²) in [6.07, 6.45) is -0.189. The summed E-state index contributed by atoms with van der Waals surface area (Å²) in [5.74, 6) is -1.39. The Morgan fingerprint density at radius 3 is 2.94 bits per heavy atom. The summed E-state index contributed by atoms with van der Waals surface area (Å²) in [7, 11) is 0. The molecular weight excluding hydrogens is 209 g/mol. The molecule has 3 nitrogen and oxygen atoms in total. The molecule has 0 aliphatic heterocycles. The van der Waals surface area contributed by atoms with Crippen molar-refractivity contribution in [1.29, 1.82) is 0 Å². The van der Waals surface area contributed by atoms with Crippen LogP contribution in [0.3, 0.4) is 0 Å². The van der Waals surface area contributed by atoms with Gasteiger partial charge in [-0.05, 0) is 24.6 Å². The summed E-state index contributed by atoms with van der Waals surface area (Å²) in [6, 6.07) is 6.38. The number of pyridine rings is 1. The maximum atomic E-state index is 13.5. The smallest absolute Gasteiger partial charge is 0.309 e. The standard InChI is InChI=1S/C12H10FNO2/c1-7-5-8(6-11(15)16)14-12-9(7)3-2-4-10(12)13/h2-5H,6H2,1H3,(H,15,16). The van der Waals surface area contributed by atoms with Crippen LogP contribution in [0.1, 0.15) is 11.3 Å². The number of hydrogen-bond acceptors (Lipinski definition) is 2.